The third-order valence-electron chi connectivity index (χ3n) is 3.54. The number of benzene rings is 2. The van der Waals surface area contributed by atoms with Crippen LogP contribution in [-0.4, -0.2) is 16.8 Å². The molecule has 0 aliphatic carbocycles. The van der Waals surface area contributed by atoms with Crippen LogP contribution in [0.5, 0.6) is 0 Å². The Balaban J connectivity index is 1.87. The Hall–Kier alpha value is -2.40. The number of carbonyl (C=O) groups is 2. The quantitative estimate of drug-likeness (QED) is 0.883. The Labute approximate surface area is 131 Å². The molecule has 1 fully saturated rings. The molecule has 4 nitrogen and oxygen atoms in total. The van der Waals surface area contributed by atoms with Crippen LogP contribution in [0.3, 0.4) is 0 Å². The van der Waals surface area contributed by atoms with Gasteiger partial charge in [0, 0.05) is 10.6 Å². The first kappa shape index (κ1) is 14.5. The Morgan fingerprint density at radius 1 is 1.09 bits per heavy atom. The van der Waals surface area contributed by atoms with Gasteiger partial charge >= 0.3 is 6.03 Å². The number of hydrogen-bond donors (Lipinski definition) is 1. The van der Waals surface area contributed by atoms with Gasteiger partial charge in [-0.2, -0.15) is 0 Å². The second-order valence-corrected chi connectivity index (χ2v) is 5.32. The first-order valence-electron chi connectivity index (χ1n) is 6.67. The summed E-state index contributed by atoms with van der Waals surface area (Å²) in [6.45, 7) is -0.195. The lowest BCUT2D eigenvalue weighted by Crippen LogP contribution is -2.30. The minimum atomic E-state index is -0.751. The lowest BCUT2D eigenvalue weighted by molar-refractivity contribution is -0.128. The summed E-state index contributed by atoms with van der Waals surface area (Å²) in [4.78, 5) is 25.4. The number of urea groups is 1. The van der Waals surface area contributed by atoms with E-state index in [1.165, 1.54) is 18.2 Å². The fourth-order valence-corrected chi connectivity index (χ4v) is 2.60. The normalized spacial score (nSPS) is 17.7. The number of carbonyl (C=O) groups excluding carboxylic acids is 2. The number of hydrogen-bond acceptors (Lipinski definition) is 2. The third kappa shape index (κ3) is 2.55. The number of amides is 3. The maximum absolute atomic E-state index is 13.8. The fraction of sp³-hybridized carbons (Fsp3) is 0.125. The van der Waals surface area contributed by atoms with E-state index in [2.05, 4.69) is 5.32 Å². The van der Waals surface area contributed by atoms with Gasteiger partial charge in [0.25, 0.3) is 5.91 Å². The molecule has 0 bridgehead atoms. The molecule has 6 heteroatoms. The molecule has 1 saturated heterocycles. The van der Waals surface area contributed by atoms with E-state index >= 15 is 0 Å². The summed E-state index contributed by atoms with van der Waals surface area (Å²) in [6.07, 6.45) is 0. The molecule has 3 rings (SSSR count). The molecule has 2 aromatic carbocycles. The molecular formula is C16H12ClFN2O2. The van der Waals surface area contributed by atoms with Crippen molar-refractivity contribution >= 4 is 23.5 Å². The standard InChI is InChI=1S/C16H12ClFN2O2/c17-12-7-4-8-13(18)11(12)9-20-15(21)14(19-16(20)22)10-5-2-1-3-6-10/h1-8,14H,9H2,(H,19,22). The van der Waals surface area contributed by atoms with E-state index in [-0.39, 0.29) is 17.1 Å². The van der Waals surface area contributed by atoms with Gasteiger partial charge in [-0.25, -0.2) is 9.18 Å². The maximum Gasteiger partial charge on any atom is 0.325 e. The zero-order valence-electron chi connectivity index (χ0n) is 11.4. The lowest BCUT2D eigenvalue weighted by Gasteiger charge is -2.14. The minimum absolute atomic E-state index is 0.126. The van der Waals surface area contributed by atoms with E-state index in [1.807, 2.05) is 6.07 Å². The molecule has 0 radical (unpaired) electrons. The number of nitrogens with zero attached hydrogens (tertiary/aromatic N) is 1. The molecular weight excluding hydrogens is 307 g/mol. The van der Waals surface area contributed by atoms with Gasteiger partial charge in [-0.15, -0.1) is 0 Å². The number of rotatable bonds is 3. The highest BCUT2D eigenvalue weighted by molar-refractivity contribution is 6.31. The smallest absolute Gasteiger partial charge is 0.322 e. The van der Waals surface area contributed by atoms with Gasteiger partial charge in [0.1, 0.15) is 11.9 Å². The van der Waals surface area contributed by atoms with Crippen molar-refractivity contribution in [2.75, 3.05) is 0 Å². The van der Waals surface area contributed by atoms with E-state index in [4.69, 9.17) is 11.6 Å². The molecule has 1 unspecified atom stereocenters. The van der Waals surface area contributed by atoms with E-state index < -0.39 is 23.8 Å². The van der Waals surface area contributed by atoms with Crippen LogP contribution >= 0.6 is 11.6 Å². The van der Waals surface area contributed by atoms with Gasteiger partial charge in [0.05, 0.1) is 6.54 Å². The maximum atomic E-state index is 13.8. The lowest BCUT2D eigenvalue weighted by atomic mass is 10.1. The summed E-state index contributed by atoms with van der Waals surface area (Å²) in [5, 5.41) is 2.79. The second-order valence-electron chi connectivity index (χ2n) is 4.92. The zero-order valence-corrected chi connectivity index (χ0v) is 12.2. The molecule has 1 N–H and O–H groups in total. The van der Waals surface area contributed by atoms with Crippen LogP contribution in [0, 0.1) is 5.82 Å². The van der Waals surface area contributed by atoms with Crippen molar-refractivity contribution in [2.45, 2.75) is 12.6 Å². The monoisotopic (exact) mass is 318 g/mol. The first-order valence-corrected chi connectivity index (χ1v) is 7.05. The Morgan fingerprint density at radius 3 is 2.50 bits per heavy atom. The van der Waals surface area contributed by atoms with Gasteiger partial charge < -0.3 is 5.32 Å². The van der Waals surface area contributed by atoms with Gasteiger partial charge in [0.2, 0.25) is 0 Å². The SMILES string of the molecule is O=C1NC(c2ccccc2)C(=O)N1Cc1c(F)cccc1Cl. The molecule has 1 atom stereocenters. The predicted octanol–water partition coefficient (Wildman–Crippen LogP) is 3.27. The van der Waals surface area contributed by atoms with Crippen molar-refractivity contribution in [1.29, 1.82) is 0 Å². The van der Waals surface area contributed by atoms with E-state index in [9.17, 15) is 14.0 Å². The number of halogens is 2. The third-order valence-corrected chi connectivity index (χ3v) is 3.89. The summed E-state index contributed by atoms with van der Waals surface area (Å²) < 4.78 is 13.8. The molecule has 1 aliphatic heterocycles. The minimum Gasteiger partial charge on any atom is -0.322 e. The van der Waals surface area contributed by atoms with Crippen LogP contribution in [0.2, 0.25) is 5.02 Å². The Bertz CT molecular complexity index is 716. The van der Waals surface area contributed by atoms with Gasteiger partial charge in [-0.1, -0.05) is 48.0 Å². The van der Waals surface area contributed by atoms with Crippen LogP contribution in [0.25, 0.3) is 0 Å². The highest BCUT2D eigenvalue weighted by atomic mass is 35.5. The molecule has 22 heavy (non-hydrogen) atoms. The molecule has 3 amide bonds. The first-order chi connectivity index (χ1) is 10.6. The van der Waals surface area contributed by atoms with Crippen molar-refractivity contribution in [1.82, 2.24) is 10.2 Å². The topological polar surface area (TPSA) is 49.4 Å². The average Bonchev–Trinajstić information content (AvgIpc) is 2.79. The summed E-state index contributed by atoms with van der Waals surface area (Å²) in [7, 11) is 0. The van der Waals surface area contributed by atoms with Crippen molar-refractivity contribution < 1.29 is 14.0 Å². The Kier molecular flexibility index (Phi) is 3.81. The predicted molar refractivity (Wildman–Crippen MR) is 79.7 cm³/mol. The van der Waals surface area contributed by atoms with Crippen LogP contribution in [0.1, 0.15) is 17.2 Å². The summed E-state index contributed by atoms with van der Waals surface area (Å²) >= 11 is 5.95. The second kappa shape index (κ2) is 5.77. The highest BCUT2D eigenvalue weighted by Gasteiger charge is 2.39. The molecule has 0 aromatic heterocycles. The fourth-order valence-electron chi connectivity index (χ4n) is 2.38. The molecule has 112 valence electrons. The number of nitrogens with one attached hydrogen (secondary N) is 1. The Morgan fingerprint density at radius 2 is 1.82 bits per heavy atom. The van der Waals surface area contributed by atoms with Crippen LogP contribution in [-0.2, 0) is 11.3 Å². The summed E-state index contributed by atoms with van der Waals surface area (Å²) in [5.74, 6) is -0.966. The summed E-state index contributed by atoms with van der Waals surface area (Å²) in [5.41, 5.74) is 0.810. The van der Waals surface area contributed by atoms with Crippen molar-refractivity contribution in [3.05, 3.63) is 70.5 Å². The largest absolute Gasteiger partial charge is 0.325 e. The number of imide groups is 1. The van der Waals surface area contributed by atoms with Crippen LogP contribution < -0.4 is 5.32 Å². The average molecular weight is 319 g/mol. The molecule has 1 aliphatic rings. The van der Waals surface area contributed by atoms with E-state index in [0.29, 0.717) is 5.56 Å². The summed E-state index contributed by atoms with van der Waals surface area (Å²) in [6, 6.07) is 11.8. The molecule has 2 aromatic rings. The molecule has 0 saturated carbocycles. The molecule has 0 spiro atoms. The zero-order chi connectivity index (χ0) is 15.7. The van der Waals surface area contributed by atoms with Crippen molar-refractivity contribution in [3.8, 4) is 0 Å². The van der Waals surface area contributed by atoms with Gasteiger partial charge in [0.15, 0.2) is 0 Å². The van der Waals surface area contributed by atoms with E-state index in [1.54, 1.807) is 24.3 Å². The van der Waals surface area contributed by atoms with Crippen molar-refractivity contribution in [2.24, 2.45) is 0 Å². The van der Waals surface area contributed by atoms with Crippen LogP contribution in [0.4, 0.5) is 9.18 Å². The van der Waals surface area contributed by atoms with E-state index in [0.717, 1.165) is 4.90 Å². The van der Waals surface area contributed by atoms with Crippen molar-refractivity contribution in [3.63, 3.8) is 0 Å². The van der Waals surface area contributed by atoms with Crippen LogP contribution in [0.15, 0.2) is 48.5 Å². The highest BCUT2D eigenvalue weighted by Crippen LogP contribution is 2.26. The van der Waals surface area contributed by atoms with Gasteiger partial charge in [-0.3, -0.25) is 9.69 Å². The molecule has 1 heterocycles. The van der Waals surface area contributed by atoms with Gasteiger partial charge in [-0.05, 0) is 17.7 Å².